The second-order valence-corrected chi connectivity index (χ2v) is 4.81. The van der Waals surface area contributed by atoms with Gasteiger partial charge in [0.1, 0.15) is 0 Å². The molecular weight excluding hydrogens is 252 g/mol. The molecule has 0 radical (unpaired) electrons. The molecule has 1 aromatic carbocycles. The van der Waals surface area contributed by atoms with E-state index in [0.29, 0.717) is 13.0 Å². The molecule has 0 aromatic heterocycles. The van der Waals surface area contributed by atoms with Crippen LogP contribution >= 0.6 is 23.4 Å². The second kappa shape index (κ2) is 6.30. The van der Waals surface area contributed by atoms with Crippen molar-refractivity contribution in [3.8, 4) is 0 Å². The van der Waals surface area contributed by atoms with Crippen LogP contribution in [0.5, 0.6) is 0 Å². The van der Waals surface area contributed by atoms with Crippen molar-refractivity contribution in [1.82, 2.24) is 0 Å². The summed E-state index contributed by atoms with van der Waals surface area (Å²) in [5.41, 5.74) is 0.949. The summed E-state index contributed by atoms with van der Waals surface area (Å²) in [5, 5.41) is 0.00608. The Kier molecular flexibility index (Phi) is 5.35. The minimum Gasteiger partial charge on any atom is -0.385 e. The van der Waals surface area contributed by atoms with Gasteiger partial charge in [0.15, 0.2) is 0 Å². The smallest absolute Gasteiger partial charge is 0.321 e. The molecule has 0 aliphatic heterocycles. The van der Waals surface area contributed by atoms with Gasteiger partial charge in [-0.15, -0.1) is 11.8 Å². The van der Waals surface area contributed by atoms with Crippen molar-refractivity contribution < 1.29 is 8.78 Å². The molecule has 1 rings (SSSR count). The van der Waals surface area contributed by atoms with Gasteiger partial charge in [0.05, 0.1) is 0 Å². The molecule has 0 saturated carbocycles. The molecule has 90 valence electrons. The first-order valence-electron chi connectivity index (χ1n) is 4.96. The van der Waals surface area contributed by atoms with Gasteiger partial charge in [-0.1, -0.05) is 6.07 Å². The van der Waals surface area contributed by atoms with Crippen LogP contribution in [0.25, 0.3) is 0 Å². The highest BCUT2D eigenvalue weighted by atomic mass is 35.5. The zero-order chi connectivity index (χ0) is 12.0. The van der Waals surface area contributed by atoms with Crippen molar-refractivity contribution in [2.75, 3.05) is 18.1 Å². The van der Waals surface area contributed by atoms with Crippen molar-refractivity contribution in [3.05, 3.63) is 24.3 Å². The fourth-order valence-electron chi connectivity index (χ4n) is 1.25. The van der Waals surface area contributed by atoms with E-state index in [1.165, 1.54) is 0 Å². The van der Waals surface area contributed by atoms with Gasteiger partial charge in [-0.2, -0.15) is 8.78 Å². The summed E-state index contributed by atoms with van der Waals surface area (Å²) in [5.74, 6) is 0. The molecule has 0 saturated heterocycles. The third-order valence-electron chi connectivity index (χ3n) is 2.04. The number of rotatable bonds is 6. The van der Waals surface area contributed by atoms with Crippen LogP contribution in [-0.4, -0.2) is 18.2 Å². The second-order valence-electron chi connectivity index (χ2n) is 3.38. The zero-order valence-corrected chi connectivity index (χ0v) is 10.5. The van der Waals surface area contributed by atoms with Crippen molar-refractivity contribution in [1.29, 1.82) is 0 Å². The van der Waals surface area contributed by atoms with E-state index in [1.54, 1.807) is 11.8 Å². The molecule has 0 unspecified atom stereocenters. The van der Waals surface area contributed by atoms with Gasteiger partial charge in [-0.3, -0.25) is 0 Å². The van der Waals surface area contributed by atoms with Gasteiger partial charge < -0.3 is 5.32 Å². The molecule has 1 nitrogen and oxygen atoms in total. The summed E-state index contributed by atoms with van der Waals surface area (Å²) in [6.45, 7) is 0.500. The Labute approximate surface area is 104 Å². The maximum Gasteiger partial charge on any atom is 0.321 e. The minimum atomic E-state index is -3.08. The number of alkyl halides is 3. The molecule has 1 aromatic rings. The lowest BCUT2D eigenvalue weighted by Gasteiger charge is -2.09. The number of nitrogens with one attached hydrogen (secondary N) is 1. The highest BCUT2D eigenvalue weighted by Gasteiger charge is 2.23. The number of thioether (sulfide) groups is 1. The van der Waals surface area contributed by atoms with Crippen LogP contribution < -0.4 is 5.32 Å². The lowest BCUT2D eigenvalue weighted by Crippen LogP contribution is -2.09. The topological polar surface area (TPSA) is 12.0 Å². The normalized spacial score (nSPS) is 11.5. The predicted molar refractivity (Wildman–Crippen MR) is 66.7 cm³/mol. The van der Waals surface area contributed by atoms with E-state index >= 15 is 0 Å². The van der Waals surface area contributed by atoms with Gasteiger partial charge >= 0.3 is 5.38 Å². The Bertz CT molecular complexity index is 328. The first kappa shape index (κ1) is 13.6. The first-order chi connectivity index (χ1) is 7.51. The fourth-order valence-corrected chi connectivity index (χ4v) is 1.85. The van der Waals surface area contributed by atoms with Gasteiger partial charge in [-0.05, 0) is 42.5 Å². The molecule has 0 atom stereocenters. The summed E-state index contributed by atoms with van der Waals surface area (Å²) >= 11 is 6.44. The van der Waals surface area contributed by atoms with E-state index in [1.807, 2.05) is 30.5 Å². The number of halogens is 3. The molecule has 0 heterocycles. The lowest BCUT2D eigenvalue weighted by molar-refractivity contribution is 0.0848. The van der Waals surface area contributed by atoms with E-state index in [9.17, 15) is 8.78 Å². The SMILES string of the molecule is CSc1cccc(NCCCC(F)(F)Cl)c1. The number of benzene rings is 1. The standard InChI is InChI=1S/C11H14ClF2NS/c1-16-10-5-2-4-9(8-10)15-7-3-6-11(12,13)14/h2,4-5,8,15H,3,6-7H2,1H3. The van der Waals surface area contributed by atoms with Gasteiger partial charge in [-0.25, -0.2) is 0 Å². The molecule has 5 heteroatoms. The zero-order valence-electron chi connectivity index (χ0n) is 8.97. The van der Waals surface area contributed by atoms with Crippen LogP contribution in [0.15, 0.2) is 29.2 Å². The summed E-state index contributed by atoms with van der Waals surface area (Å²) in [7, 11) is 0. The molecule has 16 heavy (non-hydrogen) atoms. The van der Waals surface area contributed by atoms with Crippen LogP contribution in [0, 0.1) is 0 Å². The van der Waals surface area contributed by atoms with Crippen LogP contribution in [0.2, 0.25) is 0 Å². The Morgan fingerprint density at radius 2 is 2.19 bits per heavy atom. The van der Waals surface area contributed by atoms with Crippen molar-refractivity contribution in [2.45, 2.75) is 23.1 Å². The highest BCUT2D eigenvalue weighted by molar-refractivity contribution is 7.98. The molecule has 0 aliphatic rings. The van der Waals surface area contributed by atoms with E-state index in [0.717, 1.165) is 10.6 Å². The quantitative estimate of drug-likeness (QED) is 0.464. The average Bonchev–Trinajstić information content (AvgIpc) is 2.23. The summed E-state index contributed by atoms with van der Waals surface area (Å²) < 4.78 is 24.6. The largest absolute Gasteiger partial charge is 0.385 e. The minimum absolute atomic E-state index is 0.302. The Balaban J connectivity index is 2.32. The van der Waals surface area contributed by atoms with E-state index in [2.05, 4.69) is 5.32 Å². The van der Waals surface area contributed by atoms with Gasteiger partial charge in [0, 0.05) is 23.5 Å². The van der Waals surface area contributed by atoms with Crippen molar-refractivity contribution in [2.24, 2.45) is 0 Å². The monoisotopic (exact) mass is 265 g/mol. The molecule has 0 spiro atoms. The first-order valence-corrected chi connectivity index (χ1v) is 6.56. The Morgan fingerprint density at radius 1 is 1.44 bits per heavy atom. The Morgan fingerprint density at radius 3 is 2.81 bits per heavy atom. The molecule has 0 aliphatic carbocycles. The van der Waals surface area contributed by atoms with Gasteiger partial charge in [0.2, 0.25) is 0 Å². The van der Waals surface area contributed by atoms with Crippen LogP contribution in [0.1, 0.15) is 12.8 Å². The molecule has 0 bridgehead atoms. The van der Waals surface area contributed by atoms with E-state index in [-0.39, 0.29) is 6.42 Å². The molecule has 0 amide bonds. The highest BCUT2D eigenvalue weighted by Crippen LogP contribution is 2.25. The summed E-state index contributed by atoms with van der Waals surface area (Å²) in [4.78, 5) is 1.15. The molecular formula is C11H14ClF2NS. The van der Waals surface area contributed by atoms with Crippen LogP contribution in [0.3, 0.4) is 0 Å². The third-order valence-corrected chi connectivity index (χ3v) is 2.95. The average molecular weight is 266 g/mol. The van der Waals surface area contributed by atoms with Crippen molar-refractivity contribution in [3.63, 3.8) is 0 Å². The van der Waals surface area contributed by atoms with Crippen molar-refractivity contribution >= 4 is 29.1 Å². The van der Waals surface area contributed by atoms with Gasteiger partial charge in [0.25, 0.3) is 0 Å². The Hall–Kier alpha value is -0.480. The lowest BCUT2D eigenvalue weighted by atomic mass is 10.3. The van der Waals surface area contributed by atoms with Crippen LogP contribution in [0.4, 0.5) is 14.5 Å². The summed E-state index contributed by atoms with van der Waals surface area (Å²) in [6.07, 6.45) is 2.04. The molecule has 1 N–H and O–H groups in total. The number of hydrogen-bond donors (Lipinski definition) is 1. The fraction of sp³-hybridized carbons (Fsp3) is 0.455. The third kappa shape index (κ3) is 5.56. The number of hydrogen-bond acceptors (Lipinski definition) is 2. The summed E-state index contributed by atoms with van der Waals surface area (Å²) in [6, 6.07) is 7.84. The maximum absolute atomic E-state index is 12.3. The maximum atomic E-state index is 12.3. The number of anilines is 1. The molecule has 0 fully saturated rings. The van der Waals surface area contributed by atoms with Crippen LogP contribution in [-0.2, 0) is 0 Å². The van der Waals surface area contributed by atoms with E-state index < -0.39 is 5.38 Å². The predicted octanol–water partition coefficient (Wildman–Crippen LogP) is 4.43. The van der Waals surface area contributed by atoms with E-state index in [4.69, 9.17) is 11.6 Å².